The van der Waals surface area contributed by atoms with Crippen LogP contribution in [0.3, 0.4) is 0 Å². The Labute approximate surface area is 167 Å². The van der Waals surface area contributed by atoms with Crippen molar-refractivity contribution in [3.05, 3.63) is 0 Å². The molecule has 0 radical (unpaired) electrons. The standard InChI is InChI=1S/C17H30N2O10/c1-8-14(25)16(27)15(26)10(29-8)5-6-18-17(28)13(9(21)7-20)19-11(22)3-2-4-12(23)24/h8-10,13-16,20-21,25-27H,2-7H2,1H3,(H,18,28)(H,19,22)(H,23,24)/t8-,9-,10-,13-,14+,15+,16+/m0/s1. The van der Waals surface area contributed by atoms with Crippen molar-refractivity contribution >= 4 is 17.8 Å². The Morgan fingerprint density at radius 2 is 1.72 bits per heavy atom. The van der Waals surface area contributed by atoms with E-state index >= 15 is 0 Å². The van der Waals surface area contributed by atoms with E-state index in [2.05, 4.69) is 10.6 Å². The molecular formula is C17H30N2O10. The second-order valence-corrected chi connectivity index (χ2v) is 6.97. The van der Waals surface area contributed by atoms with Gasteiger partial charge in [-0.05, 0) is 19.8 Å². The summed E-state index contributed by atoms with van der Waals surface area (Å²) >= 11 is 0. The zero-order valence-corrected chi connectivity index (χ0v) is 16.1. The molecule has 1 fully saturated rings. The van der Waals surface area contributed by atoms with Crippen molar-refractivity contribution < 1.29 is 49.8 Å². The van der Waals surface area contributed by atoms with Crippen LogP contribution in [0.5, 0.6) is 0 Å². The monoisotopic (exact) mass is 422 g/mol. The number of aliphatic carboxylic acids is 1. The summed E-state index contributed by atoms with van der Waals surface area (Å²) < 4.78 is 5.40. The van der Waals surface area contributed by atoms with Gasteiger partial charge in [-0.1, -0.05) is 0 Å². The summed E-state index contributed by atoms with van der Waals surface area (Å²) in [6.45, 7) is 0.693. The molecule has 168 valence electrons. The van der Waals surface area contributed by atoms with E-state index in [1.54, 1.807) is 0 Å². The van der Waals surface area contributed by atoms with Gasteiger partial charge >= 0.3 is 5.97 Å². The van der Waals surface area contributed by atoms with Gasteiger partial charge in [-0.3, -0.25) is 14.4 Å². The van der Waals surface area contributed by atoms with Gasteiger partial charge in [0.25, 0.3) is 0 Å². The lowest BCUT2D eigenvalue weighted by Gasteiger charge is -2.39. The maximum atomic E-state index is 12.3. The number of ether oxygens (including phenoxy) is 1. The smallest absolute Gasteiger partial charge is 0.303 e. The number of hydrogen-bond donors (Lipinski definition) is 8. The molecule has 0 unspecified atom stereocenters. The molecule has 0 aromatic carbocycles. The predicted molar refractivity (Wildman–Crippen MR) is 96.5 cm³/mol. The summed E-state index contributed by atoms with van der Waals surface area (Å²) in [6.07, 6.45) is -7.41. The second kappa shape index (κ2) is 12.0. The number of hydrogen-bond acceptors (Lipinski definition) is 9. The molecule has 1 aliphatic rings. The lowest BCUT2D eigenvalue weighted by atomic mass is 9.94. The van der Waals surface area contributed by atoms with Crippen LogP contribution < -0.4 is 10.6 Å². The minimum Gasteiger partial charge on any atom is -0.481 e. The Kier molecular flexibility index (Phi) is 10.4. The van der Waals surface area contributed by atoms with E-state index < -0.39 is 67.1 Å². The number of carbonyl (C=O) groups is 3. The van der Waals surface area contributed by atoms with Gasteiger partial charge in [-0.2, -0.15) is 0 Å². The molecule has 12 heteroatoms. The fraction of sp³-hybridized carbons (Fsp3) is 0.824. The summed E-state index contributed by atoms with van der Waals surface area (Å²) in [5.41, 5.74) is 0. The lowest BCUT2D eigenvalue weighted by molar-refractivity contribution is -0.217. The highest BCUT2D eigenvalue weighted by Crippen LogP contribution is 2.22. The third-order valence-electron chi connectivity index (χ3n) is 4.64. The van der Waals surface area contributed by atoms with E-state index in [0.29, 0.717) is 0 Å². The first-order chi connectivity index (χ1) is 13.6. The van der Waals surface area contributed by atoms with Crippen molar-refractivity contribution in [3.8, 4) is 0 Å². The number of nitrogens with one attached hydrogen (secondary N) is 2. The number of carbonyl (C=O) groups excluding carboxylic acids is 2. The summed E-state index contributed by atoms with van der Waals surface area (Å²) in [5.74, 6) is -2.52. The molecule has 7 atom stereocenters. The van der Waals surface area contributed by atoms with Crippen LogP contribution in [0.1, 0.15) is 32.6 Å². The molecular weight excluding hydrogens is 392 g/mol. The van der Waals surface area contributed by atoms with Crippen molar-refractivity contribution in [1.29, 1.82) is 0 Å². The Hall–Kier alpha value is -1.83. The normalized spacial score (nSPS) is 29.0. The van der Waals surface area contributed by atoms with E-state index in [1.807, 2.05) is 0 Å². The minimum absolute atomic E-state index is 0.0420. The molecule has 29 heavy (non-hydrogen) atoms. The van der Waals surface area contributed by atoms with Crippen molar-refractivity contribution in [1.82, 2.24) is 10.6 Å². The van der Waals surface area contributed by atoms with Crippen LogP contribution in [0.4, 0.5) is 0 Å². The molecule has 12 nitrogen and oxygen atoms in total. The maximum absolute atomic E-state index is 12.3. The number of aliphatic hydroxyl groups is 5. The number of carboxylic acid groups (broad SMARTS) is 1. The summed E-state index contributed by atoms with van der Waals surface area (Å²) in [5, 5.41) is 61.5. The number of amides is 2. The van der Waals surface area contributed by atoms with Gasteiger partial charge in [-0.25, -0.2) is 0 Å². The quantitative estimate of drug-likeness (QED) is 0.164. The third-order valence-corrected chi connectivity index (χ3v) is 4.64. The first-order valence-electron chi connectivity index (χ1n) is 9.35. The van der Waals surface area contributed by atoms with Gasteiger partial charge in [0.1, 0.15) is 30.5 Å². The highest BCUT2D eigenvalue weighted by atomic mass is 16.5. The number of rotatable bonds is 11. The first kappa shape index (κ1) is 25.2. The average molecular weight is 422 g/mol. The second-order valence-electron chi connectivity index (χ2n) is 6.97. The SMILES string of the molecule is C[C@@H]1O[C@@H](CCNC(=O)[C@@H](NC(=O)CCCC(=O)O)[C@@H](O)CO)[C@@H](O)[C@H](O)[C@@H]1O. The van der Waals surface area contributed by atoms with Crippen LogP contribution in [0, 0.1) is 0 Å². The van der Waals surface area contributed by atoms with E-state index in [4.69, 9.17) is 14.9 Å². The molecule has 8 N–H and O–H groups in total. The van der Waals surface area contributed by atoms with Crippen LogP contribution in [0.25, 0.3) is 0 Å². The molecule has 1 rings (SSSR count). The molecule has 0 aromatic rings. The zero-order valence-electron chi connectivity index (χ0n) is 16.1. The van der Waals surface area contributed by atoms with Crippen LogP contribution in [0.15, 0.2) is 0 Å². The molecule has 0 saturated carbocycles. The van der Waals surface area contributed by atoms with Crippen molar-refractivity contribution in [2.24, 2.45) is 0 Å². The van der Waals surface area contributed by atoms with E-state index in [1.165, 1.54) is 6.92 Å². The Bertz CT molecular complexity index is 560. The van der Waals surface area contributed by atoms with Crippen LogP contribution in [0.2, 0.25) is 0 Å². The highest BCUT2D eigenvalue weighted by Gasteiger charge is 2.41. The summed E-state index contributed by atoms with van der Waals surface area (Å²) in [7, 11) is 0. The van der Waals surface area contributed by atoms with Crippen LogP contribution in [-0.2, 0) is 19.1 Å². The van der Waals surface area contributed by atoms with Gasteiger partial charge in [0.05, 0.1) is 18.8 Å². The summed E-state index contributed by atoms with van der Waals surface area (Å²) in [4.78, 5) is 34.6. The fourth-order valence-electron chi connectivity index (χ4n) is 2.91. The number of aliphatic hydroxyl groups excluding tert-OH is 5. The molecule has 0 aromatic heterocycles. The third kappa shape index (κ3) is 7.84. The Morgan fingerprint density at radius 3 is 2.31 bits per heavy atom. The molecule has 0 spiro atoms. The van der Waals surface area contributed by atoms with Crippen LogP contribution in [-0.4, -0.2) is 104 Å². The van der Waals surface area contributed by atoms with E-state index in [-0.39, 0.29) is 32.2 Å². The van der Waals surface area contributed by atoms with E-state index in [9.17, 15) is 34.8 Å². The molecule has 0 bridgehead atoms. The van der Waals surface area contributed by atoms with Gasteiger partial charge in [0.2, 0.25) is 11.8 Å². The lowest BCUT2D eigenvalue weighted by Crippen LogP contribution is -2.57. The summed E-state index contributed by atoms with van der Waals surface area (Å²) in [6, 6.07) is -1.46. The van der Waals surface area contributed by atoms with Gasteiger partial charge < -0.3 is 46.0 Å². The average Bonchev–Trinajstić information content (AvgIpc) is 2.67. The highest BCUT2D eigenvalue weighted by molar-refractivity contribution is 5.88. The number of carboxylic acids is 1. The fourth-order valence-corrected chi connectivity index (χ4v) is 2.91. The molecule has 2 amide bonds. The van der Waals surface area contributed by atoms with Gasteiger partial charge in [0, 0.05) is 19.4 Å². The van der Waals surface area contributed by atoms with Crippen molar-refractivity contribution in [3.63, 3.8) is 0 Å². The van der Waals surface area contributed by atoms with Crippen molar-refractivity contribution in [2.75, 3.05) is 13.2 Å². The maximum Gasteiger partial charge on any atom is 0.303 e. The topological polar surface area (TPSA) is 206 Å². The van der Waals surface area contributed by atoms with Crippen molar-refractivity contribution in [2.45, 2.75) is 75.3 Å². The molecule has 1 heterocycles. The largest absolute Gasteiger partial charge is 0.481 e. The Balaban J connectivity index is 2.54. The molecule has 0 aliphatic carbocycles. The van der Waals surface area contributed by atoms with Gasteiger partial charge in [-0.15, -0.1) is 0 Å². The zero-order chi connectivity index (χ0) is 22.1. The molecule has 1 aliphatic heterocycles. The van der Waals surface area contributed by atoms with Crippen LogP contribution >= 0.6 is 0 Å². The first-order valence-corrected chi connectivity index (χ1v) is 9.35. The van der Waals surface area contributed by atoms with E-state index in [0.717, 1.165) is 0 Å². The molecule has 1 saturated heterocycles. The minimum atomic E-state index is -1.58. The Morgan fingerprint density at radius 1 is 1.07 bits per heavy atom. The van der Waals surface area contributed by atoms with Gasteiger partial charge in [0.15, 0.2) is 0 Å². The predicted octanol–water partition coefficient (Wildman–Crippen LogP) is -3.54.